The quantitative estimate of drug-likeness (QED) is 0.794. The summed E-state index contributed by atoms with van der Waals surface area (Å²) in [5.74, 6) is 1.44. The van der Waals surface area contributed by atoms with Gasteiger partial charge in [0.05, 0.1) is 5.52 Å². The molecule has 1 aliphatic rings. The van der Waals surface area contributed by atoms with Gasteiger partial charge in [0, 0.05) is 30.0 Å². The van der Waals surface area contributed by atoms with Crippen molar-refractivity contribution in [2.75, 3.05) is 12.4 Å². The van der Waals surface area contributed by atoms with Gasteiger partial charge in [0.1, 0.15) is 0 Å². The third-order valence-electron chi connectivity index (χ3n) is 4.21. The standard InChI is InChI=1S/C16H19ClN2/c1-12-6-8-19(16(12)10-17)11-13-4-5-15-14(9-13)3-2-7-18-15/h2-5,7,9,12,16H,6,8,10-11H2,1H3. The number of pyridine rings is 1. The third-order valence-corrected chi connectivity index (χ3v) is 4.52. The van der Waals surface area contributed by atoms with Gasteiger partial charge in [0.2, 0.25) is 0 Å². The fraction of sp³-hybridized carbons (Fsp3) is 0.438. The van der Waals surface area contributed by atoms with Crippen molar-refractivity contribution in [2.45, 2.75) is 25.9 Å². The van der Waals surface area contributed by atoms with Crippen LogP contribution < -0.4 is 0 Å². The van der Waals surface area contributed by atoms with Crippen molar-refractivity contribution in [3.8, 4) is 0 Å². The molecule has 3 heteroatoms. The Balaban J connectivity index is 1.81. The van der Waals surface area contributed by atoms with Gasteiger partial charge in [-0.05, 0) is 42.6 Å². The van der Waals surface area contributed by atoms with Gasteiger partial charge >= 0.3 is 0 Å². The van der Waals surface area contributed by atoms with E-state index in [9.17, 15) is 0 Å². The molecule has 0 radical (unpaired) electrons. The highest BCUT2D eigenvalue weighted by Crippen LogP contribution is 2.27. The second kappa shape index (κ2) is 5.48. The van der Waals surface area contributed by atoms with Gasteiger partial charge < -0.3 is 0 Å². The van der Waals surface area contributed by atoms with Gasteiger partial charge in [0.15, 0.2) is 0 Å². The van der Waals surface area contributed by atoms with Crippen LogP contribution in [0.4, 0.5) is 0 Å². The van der Waals surface area contributed by atoms with E-state index in [1.165, 1.54) is 17.4 Å². The van der Waals surface area contributed by atoms with Crippen molar-refractivity contribution in [3.63, 3.8) is 0 Å². The van der Waals surface area contributed by atoms with Crippen LogP contribution in [0.5, 0.6) is 0 Å². The Bertz CT molecular complexity index is 569. The molecule has 100 valence electrons. The van der Waals surface area contributed by atoms with Gasteiger partial charge in [-0.2, -0.15) is 0 Å². The lowest BCUT2D eigenvalue weighted by Gasteiger charge is -2.25. The Morgan fingerprint density at radius 2 is 2.26 bits per heavy atom. The summed E-state index contributed by atoms with van der Waals surface area (Å²) in [6.45, 7) is 4.45. The largest absolute Gasteiger partial charge is 0.295 e. The molecule has 2 aromatic rings. The number of likely N-dealkylation sites (tertiary alicyclic amines) is 1. The van der Waals surface area contributed by atoms with Crippen molar-refractivity contribution in [3.05, 3.63) is 42.1 Å². The zero-order valence-corrected chi connectivity index (χ0v) is 12.0. The van der Waals surface area contributed by atoms with E-state index >= 15 is 0 Å². The van der Waals surface area contributed by atoms with Gasteiger partial charge in [-0.1, -0.05) is 19.1 Å². The van der Waals surface area contributed by atoms with Crippen molar-refractivity contribution >= 4 is 22.5 Å². The molecule has 0 amide bonds. The molecule has 1 saturated heterocycles. The van der Waals surface area contributed by atoms with Crippen LogP contribution in [0, 0.1) is 5.92 Å². The molecule has 3 rings (SSSR count). The Morgan fingerprint density at radius 1 is 1.37 bits per heavy atom. The van der Waals surface area contributed by atoms with Crippen LogP contribution in [-0.2, 0) is 6.54 Å². The normalized spacial score (nSPS) is 24.1. The summed E-state index contributed by atoms with van der Waals surface area (Å²) in [4.78, 5) is 6.87. The molecule has 1 aromatic carbocycles. The zero-order chi connectivity index (χ0) is 13.2. The zero-order valence-electron chi connectivity index (χ0n) is 11.2. The number of rotatable bonds is 3. The molecule has 2 atom stereocenters. The molecule has 1 aliphatic heterocycles. The average molecular weight is 275 g/mol. The highest BCUT2D eigenvalue weighted by Gasteiger charge is 2.30. The van der Waals surface area contributed by atoms with E-state index in [1.807, 2.05) is 12.3 Å². The molecule has 2 nitrogen and oxygen atoms in total. The van der Waals surface area contributed by atoms with Crippen LogP contribution in [0.3, 0.4) is 0 Å². The minimum absolute atomic E-state index is 0.520. The molecule has 1 aromatic heterocycles. The summed E-state index contributed by atoms with van der Waals surface area (Å²) in [5.41, 5.74) is 2.42. The summed E-state index contributed by atoms with van der Waals surface area (Å²) in [7, 11) is 0. The summed E-state index contributed by atoms with van der Waals surface area (Å²) in [6, 6.07) is 11.2. The van der Waals surface area contributed by atoms with E-state index in [0.717, 1.165) is 24.5 Å². The molecular formula is C16H19ClN2. The van der Waals surface area contributed by atoms with Crippen LogP contribution in [0.25, 0.3) is 10.9 Å². The van der Waals surface area contributed by atoms with Crippen molar-refractivity contribution in [1.29, 1.82) is 0 Å². The van der Waals surface area contributed by atoms with Crippen LogP contribution in [0.2, 0.25) is 0 Å². The molecule has 0 aliphatic carbocycles. The van der Waals surface area contributed by atoms with E-state index in [2.05, 4.69) is 41.1 Å². The molecule has 2 heterocycles. The second-order valence-corrected chi connectivity index (χ2v) is 5.80. The summed E-state index contributed by atoms with van der Waals surface area (Å²) < 4.78 is 0. The van der Waals surface area contributed by atoms with Crippen molar-refractivity contribution < 1.29 is 0 Å². The smallest absolute Gasteiger partial charge is 0.0702 e. The Hall–Kier alpha value is -1.12. The van der Waals surface area contributed by atoms with Crippen LogP contribution in [0.1, 0.15) is 18.9 Å². The summed E-state index contributed by atoms with van der Waals surface area (Å²) in [5, 5.41) is 1.22. The molecule has 0 spiro atoms. The van der Waals surface area contributed by atoms with E-state index in [0.29, 0.717) is 12.0 Å². The lowest BCUT2D eigenvalue weighted by Crippen LogP contribution is -2.33. The minimum Gasteiger partial charge on any atom is -0.295 e. The number of hydrogen-bond donors (Lipinski definition) is 0. The predicted octanol–water partition coefficient (Wildman–Crippen LogP) is 3.68. The monoisotopic (exact) mass is 274 g/mol. The predicted molar refractivity (Wildman–Crippen MR) is 80.4 cm³/mol. The highest BCUT2D eigenvalue weighted by atomic mass is 35.5. The Kier molecular flexibility index (Phi) is 3.72. The number of halogens is 1. The average Bonchev–Trinajstić information content (AvgIpc) is 2.79. The van der Waals surface area contributed by atoms with Crippen LogP contribution in [-0.4, -0.2) is 28.4 Å². The molecule has 0 N–H and O–H groups in total. The van der Waals surface area contributed by atoms with Gasteiger partial charge in [0.25, 0.3) is 0 Å². The molecule has 0 saturated carbocycles. The first-order chi connectivity index (χ1) is 9.28. The van der Waals surface area contributed by atoms with E-state index in [4.69, 9.17) is 11.6 Å². The lowest BCUT2D eigenvalue weighted by molar-refractivity contribution is 0.242. The van der Waals surface area contributed by atoms with Crippen LogP contribution >= 0.6 is 11.6 Å². The SMILES string of the molecule is CC1CCN(Cc2ccc3ncccc3c2)C1CCl. The fourth-order valence-electron chi connectivity index (χ4n) is 2.99. The first-order valence-electron chi connectivity index (χ1n) is 6.91. The summed E-state index contributed by atoms with van der Waals surface area (Å²) in [6.07, 6.45) is 3.10. The maximum absolute atomic E-state index is 6.11. The number of alkyl halides is 1. The Labute approximate surface area is 119 Å². The number of fused-ring (bicyclic) bond motifs is 1. The first kappa shape index (κ1) is 12.9. The molecular weight excluding hydrogens is 256 g/mol. The fourth-order valence-corrected chi connectivity index (χ4v) is 3.49. The number of benzene rings is 1. The maximum Gasteiger partial charge on any atom is 0.0702 e. The summed E-state index contributed by atoms with van der Waals surface area (Å²) >= 11 is 6.11. The number of nitrogens with zero attached hydrogens (tertiary/aromatic N) is 2. The van der Waals surface area contributed by atoms with Gasteiger partial charge in [-0.3, -0.25) is 9.88 Å². The highest BCUT2D eigenvalue weighted by molar-refractivity contribution is 6.18. The Morgan fingerprint density at radius 3 is 3.11 bits per heavy atom. The molecule has 2 unspecified atom stereocenters. The van der Waals surface area contributed by atoms with Crippen molar-refractivity contribution in [2.24, 2.45) is 5.92 Å². The van der Waals surface area contributed by atoms with E-state index < -0.39 is 0 Å². The third kappa shape index (κ3) is 2.60. The van der Waals surface area contributed by atoms with E-state index in [-0.39, 0.29) is 0 Å². The van der Waals surface area contributed by atoms with Gasteiger partial charge in [-0.25, -0.2) is 0 Å². The second-order valence-electron chi connectivity index (χ2n) is 5.49. The molecule has 0 bridgehead atoms. The minimum atomic E-state index is 0.520. The van der Waals surface area contributed by atoms with Crippen LogP contribution in [0.15, 0.2) is 36.5 Å². The van der Waals surface area contributed by atoms with Crippen molar-refractivity contribution in [1.82, 2.24) is 9.88 Å². The first-order valence-corrected chi connectivity index (χ1v) is 7.45. The molecule has 1 fully saturated rings. The molecule has 19 heavy (non-hydrogen) atoms. The van der Waals surface area contributed by atoms with E-state index in [1.54, 1.807) is 0 Å². The van der Waals surface area contributed by atoms with Gasteiger partial charge in [-0.15, -0.1) is 11.6 Å². The number of aromatic nitrogens is 1. The lowest BCUT2D eigenvalue weighted by atomic mass is 10.0. The maximum atomic E-state index is 6.11. The number of hydrogen-bond acceptors (Lipinski definition) is 2. The topological polar surface area (TPSA) is 16.1 Å².